The zero-order valence-electron chi connectivity index (χ0n) is 14.5. The zero-order valence-corrected chi connectivity index (χ0v) is 15.4. The number of nitrogens with zero attached hydrogens (tertiary/aromatic N) is 3. The van der Waals surface area contributed by atoms with Crippen LogP contribution in [-0.4, -0.2) is 33.5 Å². The molecule has 1 atom stereocenters. The maximum absolute atomic E-state index is 12.0. The minimum absolute atomic E-state index is 0.175. The summed E-state index contributed by atoms with van der Waals surface area (Å²) in [5.74, 6) is 1.70. The van der Waals surface area contributed by atoms with Crippen LogP contribution in [0.3, 0.4) is 0 Å². The van der Waals surface area contributed by atoms with E-state index in [2.05, 4.69) is 38.5 Å². The Kier molecular flexibility index (Phi) is 6.35. The van der Waals surface area contributed by atoms with Crippen LogP contribution in [0.5, 0.6) is 0 Å². The van der Waals surface area contributed by atoms with Crippen molar-refractivity contribution in [1.82, 2.24) is 20.1 Å². The maximum Gasteiger partial charge on any atom is 0.220 e. The number of nitrogens with one attached hydrogen (secondary N) is 1. The van der Waals surface area contributed by atoms with Crippen LogP contribution in [-0.2, 0) is 11.2 Å². The molecule has 132 valence electrons. The van der Waals surface area contributed by atoms with Gasteiger partial charge in [0.15, 0.2) is 5.16 Å². The Bertz CT molecular complexity index is 578. The Morgan fingerprint density at radius 3 is 2.88 bits per heavy atom. The summed E-state index contributed by atoms with van der Waals surface area (Å²) in [6.45, 7) is 0.724. The van der Waals surface area contributed by atoms with Crippen LogP contribution in [0.15, 0.2) is 17.3 Å². The SMILES string of the molecule is CSc1nnc(CCCNC(=O)CC2C=CCC2)n1C1CCCC1. The van der Waals surface area contributed by atoms with Crippen molar-refractivity contribution in [1.29, 1.82) is 0 Å². The lowest BCUT2D eigenvalue weighted by molar-refractivity contribution is -0.121. The molecule has 2 aliphatic carbocycles. The van der Waals surface area contributed by atoms with E-state index in [0.717, 1.165) is 43.2 Å². The zero-order chi connectivity index (χ0) is 16.8. The molecule has 1 heterocycles. The molecule has 5 nitrogen and oxygen atoms in total. The number of rotatable bonds is 8. The van der Waals surface area contributed by atoms with E-state index in [1.165, 1.54) is 25.7 Å². The number of allylic oxidation sites excluding steroid dienone is 2. The van der Waals surface area contributed by atoms with Gasteiger partial charge in [0.05, 0.1) is 0 Å². The molecule has 0 aliphatic heterocycles. The molecule has 1 unspecified atom stereocenters. The maximum atomic E-state index is 12.0. The number of aryl methyl sites for hydroxylation is 1. The number of hydrogen-bond donors (Lipinski definition) is 1. The Balaban J connectivity index is 1.45. The molecular weight excluding hydrogens is 320 g/mol. The third-order valence-electron chi connectivity index (χ3n) is 5.07. The molecule has 0 spiro atoms. The highest BCUT2D eigenvalue weighted by atomic mass is 32.2. The number of thioether (sulfide) groups is 1. The van der Waals surface area contributed by atoms with Gasteiger partial charge in [-0.05, 0) is 44.3 Å². The molecule has 1 aromatic heterocycles. The molecule has 1 fully saturated rings. The lowest BCUT2D eigenvalue weighted by Crippen LogP contribution is -2.26. The van der Waals surface area contributed by atoms with Crippen LogP contribution >= 0.6 is 11.8 Å². The third kappa shape index (κ3) is 4.41. The standard InChI is InChI=1S/C18H28N4OS/c1-24-18-21-20-16(22(18)15-9-4-5-10-15)11-6-12-19-17(23)13-14-7-2-3-8-14/h2,7,14-15H,3-6,8-13H2,1H3,(H,19,23). The van der Waals surface area contributed by atoms with Crippen molar-refractivity contribution in [3.63, 3.8) is 0 Å². The number of carbonyl (C=O) groups is 1. The van der Waals surface area contributed by atoms with Crippen LogP contribution in [0.4, 0.5) is 0 Å². The predicted molar refractivity (Wildman–Crippen MR) is 97.1 cm³/mol. The molecule has 1 aromatic rings. The minimum Gasteiger partial charge on any atom is -0.356 e. The second-order valence-electron chi connectivity index (χ2n) is 6.83. The minimum atomic E-state index is 0.175. The van der Waals surface area contributed by atoms with Crippen LogP contribution in [0.2, 0.25) is 0 Å². The van der Waals surface area contributed by atoms with Crippen LogP contribution in [0.1, 0.15) is 63.2 Å². The van der Waals surface area contributed by atoms with E-state index in [1.807, 2.05) is 0 Å². The summed E-state index contributed by atoms with van der Waals surface area (Å²) in [7, 11) is 0. The summed E-state index contributed by atoms with van der Waals surface area (Å²) in [5, 5.41) is 12.8. The topological polar surface area (TPSA) is 59.8 Å². The van der Waals surface area contributed by atoms with E-state index in [4.69, 9.17) is 0 Å². The summed E-state index contributed by atoms with van der Waals surface area (Å²) in [4.78, 5) is 12.0. The summed E-state index contributed by atoms with van der Waals surface area (Å²) in [6.07, 6.45) is 16.2. The fourth-order valence-corrected chi connectivity index (χ4v) is 4.37. The number of carbonyl (C=O) groups excluding carboxylic acids is 1. The van der Waals surface area contributed by atoms with Gasteiger partial charge < -0.3 is 9.88 Å². The highest BCUT2D eigenvalue weighted by Crippen LogP contribution is 2.33. The van der Waals surface area contributed by atoms with Gasteiger partial charge in [-0.15, -0.1) is 10.2 Å². The van der Waals surface area contributed by atoms with Crippen molar-refractivity contribution >= 4 is 17.7 Å². The van der Waals surface area contributed by atoms with E-state index in [0.29, 0.717) is 18.4 Å². The molecule has 3 rings (SSSR count). The highest BCUT2D eigenvalue weighted by Gasteiger charge is 2.23. The molecule has 1 N–H and O–H groups in total. The second-order valence-corrected chi connectivity index (χ2v) is 7.61. The summed E-state index contributed by atoms with van der Waals surface area (Å²) < 4.78 is 2.35. The first-order valence-corrected chi connectivity index (χ1v) is 10.4. The molecule has 1 saturated carbocycles. The molecule has 6 heteroatoms. The third-order valence-corrected chi connectivity index (χ3v) is 5.71. The average Bonchev–Trinajstić information content (AvgIpc) is 3.32. The Hall–Kier alpha value is -1.30. The monoisotopic (exact) mass is 348 g/mol. The summed E-state index contributed by atoms with van der Waals surface area (Å²) >= 11 is 1.68. The van der Waals surface area contributed by atoms with Crippen molar-refractivity contribution in [3.05, 3.63) is 18.0 Å². The van der Waals surface area contributed by atoms with Gasteiger partial charge in [0.25, 0.3) is 0 Å². The Morgan fingerprint density at radius 2 is 2.17 bits per heavy atom. The number of aromatic nitrogens is 3. The van der Waals surface area contributed by atoms with E-state index in [-0.39, 0.29) is 5.91 Å². The van der Waals surface area contributed by atoms with Crippen molar-refractivity contribution in [3.8, 4) is 0 Å². The molecule has 1 amide bonds. The van der Waals surface area contributed by atoms with Gasteiger partial charge in [0.1, 0.15) is 5.82 Å². The first kappa shape index (κ1) is 17.5. The largest absolute Gasteiger partial charge is 0.356 e. The van der Waals surface area contributed by atoms with Gasteiger partial charge in [0, 0.05) is 25.4 Å². The first-order valence-electron chi connectivity index (χ1n) is 9.19. The molecular formula is C18H28N4OS. The Labute approximate surface area is 148 Å². The van der Waals surface area contributed by atoms with Crippen LogP contribution in [0.25, 0.3) is 0 Å². The van der Waals surface area contributed by atoms with Crippen molar-refractivity contribution in [2.45, 2.75) is 69.0 Å². The number of amides is 1. The Morgan fingerprint density at radius 1 is 1.33 bits per heavy atom. The first-order chi connectivity index (χ1) is 11.8. The van der Waals surface area contributed by atoms with Crippen molar-refractivity contribution in [2.24, 2.45) is 5.92 Å². The van der Waals surface area contributed by atoms with Gasteiger partial charge in [-0.2, -0.15) is 0 Å². The molecule has 2 aliphatic rings. The highest BCUT2D eigenvalue weighted by molar-refractivity contribution is 7.98. The normalized spacial score (nSPS) is 20.8. The summed E-state index contributed by atoms with van der Waals surface area (Å²) in [6, 6.07) is 0.571. The lowest BCUT2D eigenvalue weighted by atomic mass is 10.1. The fraction of sp³-hybridized carbons (Fsp3) is 0.722. The second kappa shape index (κ2) is 8.70. The van der Waals surface area contributed by atoms with E-state index >= 15 is 0 Å². The molecule has 0 bridgehead atoms. The quantitative estimate of drug-likeness (QED) is 0.444. The smallest absolute Gasteiger partial charge is 0.220 e. The average molecular weight is 349 g/mol. The predicted octanol–water partition coefficient (Wildman–Crippen LogP) is 3.52. The summed E-state index contributed by atoms with van der Waals surface area (Å²) in [5.41, 5.74) is 0. The van der Waals surface area contributed by atoms with Gasteiger partial charge in [-0.25, -0.2) is 0 Å². The van der Waals surface area contributed by atoms with E-state index < -0.39 is 0 Å². The lowest BCUT2D eigenvalue weighted by Gasteiger charge is -2.16. The molecule has 24 heavy (non-hydrogen) atoms. The molecule has 0 saturated heterocycles. The van der Waals surface area contributed by atoms with Gasteiger partial charge in [0.2, 0.25) is 5.91 Å². The van der Waals surface area contributed by atoms with Gasteiger partial charge >= 0.3 is 0 Å². The van der Waals surface area contributed by atoms with Gasteiger partial charge in [-0.1, -0.05) is 36.8 Å². The van der Waals surface area contributed by atoms with E-state index in [1.54, 1.807) is 11.8 Å². The van der Waals surface area contributed by atoms with Crippen LogP contribution in [0, 0.1) is 5.92 Å². The molecule has 0 aromatic carbocycles. The fourth-order valence-electron chi connectivity index (χ4n) is 3.80. The van der Waals surface area contributed by atoms with E-state index in [9.17, 15) is 4.79 Å². The van der Waals surface area contributed by atoms with Crippen molar-refractivity contribution < 1.29 is 4.79 Å². The number of hydrogen-bond acceptors (Lipinski definition) is 4. The van der Waals surface area contributed by atoms with Crippen LogP contribution < -0.4 is 5.32 Å². The molecule has 0 radical (unpaired) electrons. The van der Waals surface area contributed by atoms with Gasteiger partial charge in [-0.3, -0.25) is 4.79 Å². The van der Waals surface area contributed by atoms with Crippen molar-refractivity contribution in [2.75, 3.05) is 12.8 Å².